The van der Waals surface area contributed by atoms with Gasteiger partial charge in [0.2, 0.25) is 0 Å². The van der Waals surface area contributed by atoms with Gasteiger partial charge in [-0.2, -0.15) is 0 Å². The number of piperidine rings is 1. The fourth-order valence-electron chi connectivity index (χ4n) is 6.98. The van der Waals surface area contributed by atoms with E-state index in [0.717, 1.165) is 38.0 Å². The summed E-state index contributed by atoms with van der Waals surface area (Å²) >= 11 is 15.1. The van der Waals surface area contributed by atoms with Crippen LogP contribution in [0.4, 0.5) is 9.52 Å². The third-order valence-electron chi connectivity index (χ3n) is 9.21. The number of nitrogens with one attached hydrogen (secondary N) is 1. The Balaban J connectivity index is 1.18. The summed E-state index contributed by atoms with van der Waals surface area (Å²) in [6, 6.07) is 9.05. The van der Waals surface area contributed by atoms with Gasteiger partial charge in [-0.15, -0.1) is 11.3 Å². The summed E-state index contributed by atoms with van der Waals surface area (Å²) < 4.78 is 16.1. The molecule has 0 aliphatic carbocycles. The second-order valence-electron chi connectivity index (χ2n) is 12.0. The highest BCUT2D eigenvalue weighted by molar-refractivity contribution is 7.13. The van der Waals surface area contributed by atoms with Gasteiger partial charge in [0.15, 0.2) is 11.2 Å². The third kappa shape index (κ3) is 5.67. The fourth-order valence-corrected chi connectivity index (χ4v) is 8.13. The number of rotatable bonds is 8. The number of carbonyl (C=O) groups is 2. The normalized spacial score (nSPS) is 19.2. The number of likely N-dealkylation sites (tertiary alicyclic amines) is 1. The van der Waals surface area contributed by atoms with Gasteiger partial charge in [0.05, 0.1) is 29.2 Å². The molecule has 2 atom stereocenters. The molecule has 0 saturated carbocycles. The topological polar surface area (TPSA) is 83.4 Å². The van der Waals surface area contributed by atoms with Crippen LogP contribution in [-0.4, -0.2) is 62.0 Å². The van der Waals surface area contributed by atoms with Crippen molar-refractivity contribution in [1.29, 1.82) is 0 Å². The Morgan fingerprint density at radius 3 is 2.67 bits per heavy atom. The fraction of sp³-hybridized carbons (Fsp3) is 0.394. The van der Waals surface area contributed by atoms with Crippen molar-refractivity contribution in [3.8, 4) is 11.1 Å². The number of hydrogen-bond acceptors (Lipinski definition) is 6. The number of halogens is 3. The van der Waals surface area contributed by atoms with Crippen LogP contribution >= 0.6 is 34.5 Å². The van der Waals surface area contributed by atoms with E-state index in [1.807, 2.05) is 12.1 Å². The highest BCUT2D eigenvalue weighted by Gasteiger charge is 2.43. The van der Waals surface area contributed by atoms with Crippen LogP contribution in [0.15, 0.2) is 48.2 Å². The van der Waals surface area contributed by atoms with E-state index >= 15 is 0 Å². The summed E-state index contributed by atoms with van der Waals surface area (Å²) in [5, 5.41) is 5.63. The highest BCUT2D eigenvalue weighted by Crippen LogP contribution is 2.44. The van der Waals surface area contributed by atoms with Crippen LogP contribution in [0, 0.1) is 0 Å². The predicted octanol–water partition coefficient (Wildman–Crippen LogP) is 7.13. The van der Waals surface area contributed by atoms with Crippen molar-refractivity contribution in [2.75, 3.05) is 25.0 Å². The molecule has 234 valence electrons. The molecule has 1 N–H and O–H groups in total. The van der Waals surface area contributed by atoms with Crippen LogP contribution < -0.4 is 5.32 Å². The van der Waals surface area contributed by atoms with Gasteiger partial charge in [-0.1, -0.05) is 54.4 Å². The Morgan fingerprint density at radius 2 is 1.96 bits per heavy atom. The Morgan fingerprint density at radius 1 is 1.18 bits per heavy atom. The quantitative estimate of drug-likeness (QED) is 0.216. The molecule has 1 unspecified atom stereocenters. The average Bonchev–Trinajstić information content (AvgIpc) is 3.83. The Labute approximate surface area is 275 Å². The number of benzene rings is 2. The Bertz CT molecular complexity index is 1740. The number of amides is 2. The number of imidazole rings is 1. The molecule has 2 aromatic heterocycles. The maximum Gasteiger partial charge on any atom is 0.257 e. The maximum atomic E-state index is 14.4. The molecular weight excluding hydrogens is 634 g/mol. The first-order valence-electron chi connectivity index (χ1n) is 15.3. The van der Waals surface area contributed by atoms with Crippen molar-refractivity contribution in [2.45, 2.75) is 63.8 Å². The van der Waals surface area contributed by atoms with Crippen LogP contribution in [0.5, 0.6) is 0 Å². The summed E-state index contributed by atoms with van der Waals surface area (Å²) in [6.07, 6.45) is 5.59. The molecule has 4 aromatic rings. The number of anilines is 1. The summed E-state index contributed by atoms with van der Waals surface area (Å²) in [6.45, 7) is 5.82. The average molecular weight is 668 g/mol. The minimum absolute atomic E-state index is 0.0595. The van der Waals surface area contributed by atoms with Crippen LogP contribution in [0.3, 0.4) is 0 Å². The van der Waals surface area contributed by atoms with E-state index in [2.05, 4.69) is 39.2 Å². The molecule has 45 heavy (non-hydrogen) atoms. The van der Waals surface area contributed by atoms with Crippen molar-refractivity contribution in [2.24, 2.45) is 0 Å². The zero-order valence-corrected chi connectivity index (χ0v) is 27.1. The third-order valence-corrected chi connectivity index (χ3v) is 10.6. The molecular formula is C33H33Cl2FN6O2S. The van der Waals surface area contributed by atoms with E-state index in [4.69, 9.17) is 23.2 Å². The Hall–Kier alpha value is -3.31. The smallest absolute Gasteiger partial charge is 0.257 e. The monoisotopic (exact) mass is 666 g/mol. The summed E-state index contributed by atoms with van der Waals surface area (Å²) in [5.74, 6) is -0.394. The minimum atomic E-state index is -1.13. The van der Waals surface area contributed by atoms with Gasteiger partial charge in [-0.3, -0.25) is 14.9 Å². The van der Waals surface area contributed by atoms with Crippen LogP contribution in [0.1, 0.15) is 71.0 Å². The summed E-state index contributed by atoms with van der Waals surface area (Å²) in [7, 11) is 0. The molecule has 2 amide bonds. The van der Waals surface area contributed by atoms with E-state index in [1.165, 1.54) is 34.5 Å². The van der Waals surface area contributed by atoms with Crippen molar-refractivity contribution >= 4 is 51.5 Å². The minimum Gasteiger partial charge on any atom is -0.331 e. The second-order valence-corrected chi connectivity index (χ2v) is 13.7. The molecule has 12 heteroatoms. The number of carbonyl (C=O) groups excluding carboxylic acids is 2. The maximum absolute atomic E-state index is 14.4. The number of aromatic nitrogens is 3. The van der Waals surface area contributed by atoms with E-state index in [9.17, 15) is 14.0 Å². The van der Waals surface area contributed by atoms with Gasteiger partial charge >= 0.3 is 0 Å². The lowest BCUT2D eigenvalue weighted by Gasteiger charge is -2.32. The molecule has 1 fully saturated rings. The first kappa shape index (κ1) is 30.3. The lowest BCUT2D eigenvalue weighted by Crippen LogP contribution is -2.38. The SMILES string of the molecule is CCCN1CCC(c2ccc(-c3cc(Cl)c4c(c3Cl)C(=O)N(C(C(=O)Nc3nccs3)c3ncn5c3C[C@@H](F)C5)C4)cc2)CC1. The van der Waals surface area contributed by atoms with Gasteiger partial charge in [0.1, 0.15) is 6.17 Å². The summed E-state index contributed by atoms with van der Waals surface area (Å²) in [4.78, 5) is 40.6. The molecule has 2 aromatic carbocycles. The molecule has 0 spiro atoms. The van der Waals surface area contributed by atoms with Gasteiger partial charge in [-0.25, -0.2) is 14.4 Å². The van der Waals surface area contributed by atoms with E-state index < -0.39 is 24.0 Å². The molecule has 5 heterocycles. The molecule has 3 aliphatic heterocycles. The second kappa shape index (κ2) is 12.5. The molecule has 8 nitrogen and oxygen atoms in total. The van der Waals surface area contributed by atoms with E-state index in [1.54, 1.807) is 22.2 Å². The Kier molecular flexibility index (Phi) is 8.41. The number of alkyl halides is 1. The van der Waals surface area contributed by atoms with Crippen molar-refractivity contribution < 1.29 is 14.0 Å². The highest BCUT2D eigenvalue weighted by atomic mass is 35.5. The van der Waals surface area contributed by atoms with Crippen LogP contribution in [0.25, 0.3) is 11.1 Å². The predicted molar refractivity (Wildman–Crippen MR) is 175 cm³/mol. The number of hydrogen-bond donors (Lipinski definition) is 1. The zero-order valence-electron chi connectivity index (χ0n) is 24.8. The first-order valence-corrected chi connectivity index (χ1v) is 17.0. The van der Waals surface area contributed by atoms with Crippen molar-refractivity contribution in [1.82, 2.24) is 24.3 Å². The molecule has 1 saturated heterocycles. The van der Waals surface area contributed by atoms with E-state index in [-0.39, 0.29) is 25.1 Å². The molecule has 7 rings (SSSR count). The lowest BCUT2D eigenvalue weighted by atomic mass is 9.88. The zero-order chi connectivity index (χ0) is 31.2. The van der Waals surface area contributed by atoms with E-state index in [0.29, 0.717) is 43.6 Å². The van der Waals surface area contributed by atoms with Gasteiger partial charge in [0.25, 0.3) is 11.8 Å². The number of fused-ring (bicyclic) bond motifs is 2. The molecule has 0 radical (unpaired) electrons. The number of thiazole rings is 1. The van der Waals surface area contributed by atoms with Crippen LogP contribution in [0.2, 0.25) is 10.0 Å². The van der Waals surface area contributed by atoms with Gasteiger partial charge in [-0.05, 0) is 62.0 Å². The van der Waals surface area contributed by atoms with Crippen molar-refractivity contribution in [3.63, 3.8) is 0 Å². The number of nitrogens with zero attached hydrogens (tertiary/aromatic N) is 5. The first-order chi connectivity index (χ1) is 21.8. The van der Waals surface area contributed by atoms with Crippen LogP contribution in [-0.2, 0) is 24.3 Å². The molecule has 3 aliphatic rings. The van der Waals surface area contributed by atoms with Gasteiger partial charge in [0, 0.05) is 46.4 Å². The standard InChI is InChI=1S/C33H33Cl2FN6O2S/c1-2-10-40-11-7-20(8-12-40)19-3-5-21(6-4-19)23-15-25(34)24-17-42(32(44)27(24)28(23)35)30(31(43)39-33-37-9-13-45-33)29-26-14-22(36)16-41(26)18-38-29/h3-6,9,13,15,18,20,22,30H,2,7-8,10-12,14,16-17H2,1H3,(H,37,39,43)/t22-,30?/m1/s1. The lowest BCUT2D eigenvalue weighted by molar-refractivity contribution is -0.121. The largest absolute Gasteiger partial charge is 0.331 e. The van der Waals surface area contributed by atoms with Gasteiger partial charge < -0.3 is 14.4 Å². The van der Waals surface area contributed by atoms with Crippen molar-refractivity contribution in [3.05, 3.63) is 86.4 Å². The summed E-state index contributed by atoms with van der Waals surface area (Å²) in [5.41, 5.74) is 4.59. The molecule has 0 bridgehead atoms.